The van der Waals surface area contributed by atoms with E-state index in [0.717, 1.165) is 73.0 Å². The maximum Gasteiger partial charge on any atom is 0.166 e. The van der Waals surface area contributed by atoms with Crippen LogP contribution in [-0.2, 0) is 31.1 Å². The van der Waals surface area contributed by atoms with Crippen LogP contribution >= 0.6 is 0 Å². The summed E-state index contributed by atoms with van der Waals surface area (Å²) in [7, 11) is 1.72. The van der Waals surface area contributed by atoms with E-state index in [2.05, 4.69) is 47.4 Å². The van der Waals surface area contributed by atoms with Gasteiger partial charge in [-0.25, -0.2) is 4.98 Å². The average molecular weight is 517 g/mol. The van der Waals surface area contributed by atoms with Crippen molar-refractivity contribution in [2.45, 2.75) is 68.1 Å². The molecular formula is C34H32N2O3. The Morgan fingerprint density at radius 1 is 1.08 bits per heavy atom. The summed E-state index contributed by atoms with van der Waals surface area (Å²) in [6, 6.07) is 15.8. The molecule has 0 radical (unpaired) electrons. The van der Waals surface area contributed by atoms with Gasteiger partial charge in [-0.15, -0.1) is 0 Å². The third-order valence-corrected chi connectivity index (χ3v) is 11.3. The summed E-state index contributed by atoms with van der Waals surface area (Å²) in [5.41, 5.74) is 7.23. The van der Waals surface area contributed by atoms with E-state index in [9.17, 15) is 5.11 Å². The normalized spacial score (nSPS) is 31.3. The fourth-order valence-electron chi connectivity index (χ4n) is 9.49. The number of aryl methyl sites for hydroxylation is 2. The molecule has 10 rings (SSSR count). The molecule has 2 fully saturated rings. The van der Waals surface area contributed by atoms with Crippen LogP contribution in [-0.4, -0.2) is 46.8 Å². The van der Waals surface area contributed by atoms with Crippen LogP contribution in [0.1, 0.15) is 58.9 Å². The number of aromatic nitrogens is 1. The molecule has 39 heavy (non-hydrogen) atoms. The molecular weight excluding hydrogens is 484 g/mol. The molecule has 1 saturated carbocycles. The maximum atomic E-state index is 13.1. The van der Waals surface area contributed by atoms with E-state index in [0.29, 0.717) is 6.42 Å². The molecule has 3 aromatic carbocycles. The number of hydrogen-bond donors (Lipinski definition) is 1. The molecule has 6 aliphatic rings. The molecule has 1 saturated heterocycles. The van der Waals surface area contributed by atoms with Crippen LogP contribution in [0.15, 0.2) is 42.5 Å². The summed E-state index contributed by atoms with van der Waals surface area (Å²) >= 11 is 0. The third kappa shape index (κ3) is 2.45. The van der Waals surface area contributed by atoms with Gasteiger partial charge in [0.2, 0.25) is 0 Å². The van der Waals surface area contributed by atoms with Gasteiger partial charge in [0.15, 0.2) is 17.6 Å². The first-order valence-corrected chi connectivity index (χ1v) is 14.8. The molecule has 5 nitrogen and oxygen atoms in total. The molecule has 1 N–H and O–H groups in total. The van der Waals surface area contributed by atoms with Crippen LogP contribution in [0.2, 0.25) is 0 Å². The van der Waals surface area contributed by atoms with Crippen molar-refractivity contribution in [3.05, 3.63) is 76.0 Å². The van der Waals surface area contributed by atoms with Gasteiger partial charge in [0.25, 0.3) is 0 Å². The molecule has 4 atom stereocenters. The highest BCUT2D eigenvalue weighted by atomic mass is 16.5. The topological polar surface area (TPSA) is 54.8 Å². The van der Waals surface area contributed by atoms with Crippen LogP contribution in [0.5, 0.6) is 11.5 Å². The largest absolute Gasteiger partial charge is 0.493 e. The Kier molecular flexibility index (Phi) is 3.85. The lowest BCUT2D eigenvalue weighted by Crippen LogP contribution is -2.74. The highest BCUT2D eigenvalue weighted by molar-refractivity contribution is 6.09. The lowest BCUT2D eigenvalue weighted by Gasteiger charge is -2.63. The molecule has 4 aromatic rings. The predicted octanol–water partition coefficient (Wildman–Crippen LogP) is 5.19. The number of hydrogen-bond acceptors (Lipinski definition) is 5. The Morgan fingerprint density at radius 2 is 1.95 bits per heavy atom. The monoisotopic (exact) mass is 516 g/mol. The Labute approximate surface area is 227 Å². The zero-order valence-electron chi connectivity index (χ0n) is 22.3. The van der Waals surface area contributed by atoms with Crippen LogP contribution in [0.4, 0.5) is 0 Å². The second-order valence-corrected chi connectivity index (χ2v) is 13.1. The van der Waals surface area contributed by atoms with Gasteiger partial charge in [0.1, 0.15) is 0 Å². The van der Waals surface area contributed by atoms with Gasteiger partial charge in [-0.3, -0.25) is 4.90 Å². The molecule has 1 aromatic heterocycles. The highest BCUT2D eigenvalue weighted by Gasteiger charge is 2.72. The minimum Gasteiger partial charge on any atom is -0.493 e. The number of aliphatic hydroxyl groups is 1. The van der Waals surface area contributed by atoms with Crippen molar-refractivity contribution in [3.63, 3.8) is 0 Å². The lowest BCUT2D eigenvalue weighted by molar-refractivity contribution is -0.173. The number of ether oxygens (including phenoxy) is 2. The first kappa shape index (κ1) is 21.6. The molecule has 3 heterocycles. The molecule has 2 aliphatic heterocycles. The Bertz CT molecular complexity index is 1780. The minimum absolute atomic E-state index is 0.0884. The Morgan fingerprint density at radius 3 is 2.82 bits per heavy atom. The predicted molar refractivity (Wildman–Crippen MR) is 150 cm³/mol. The summed E-state index contributed by atoms with van der Waals surface area (Å²) in [5.74, 6) is 2.40. The molecule has 1 spiro atoms. The molecule has 5 heteroatoms. The number of piperidine rings is 1. The second-order valence-electron chi connectivity index (χ2n) is 13.1. The van der Waals surface area contributed by atoms with E-state index >= 15 is 0 Å². The van der Waals surface area contributed by atoms with Gasteiger partial charge in [-0.2, -0.15) is 0 Å². The van der Waals surface area contributed by atoms with Crippen LogP contribution in [0, 0.1) is 5.92 Å². The van der Waals surface area contributed by atoms with E-state index in [1.165, 1.54) is 51.3 Å². The standard InChI is InChI=1S/C34H32N2O3/c1-38-25-10-9-21-15-26-34(37)16-23-14-22-13-20-8-7-19-3-2-4-24(27(19)20)29(22)35-30(23)32-33(34,28(21)31(25)39-32)11-12-36(26)17-18-5-6-18/h2-4,9-10,13-14,18,26,32,37H,5-8,11-12,15-17H2,1H3/t26-,32?,33-,34?/m0/s1. The zero-order valence-corrected chi connectivity index (χ0v) is 22.3. The van der Waals surface area contributed by atoms with Gasteiger partial charge in [-0.05, 0) is 96.8 Å². The van der Waals surface area contributed by atoms with Gasteiger partial charge < -0.3 is 14.6 Å². The third-order valence-electron chi connectivity index (χ3n) is 11.3. The van der Waals surface area contributed by atoms with Gasteiger partial charge in [0.05, 0.1) is 29.3 Å². The summed E-state index contributed by atoms with van der Waals surface area (Å²) in [6.45, 7) is 2.10. The first-order valence-electron chi connectivity index (χ1n) is 14.8. The summed E-state index contributed by atoms with van der Waals surface area (Å²) in [4.78, 5) is 8.11. The maximum absolute atomic E-state index is 13.1. The quantitative estimate of drug-likeness (QED) is 0.380. The summed E-state index contributed by atoms with van der Waals surface area (Å²) in [6.07, 6.45) is 6.91. The van der Waals surface area contributed by atoms with Crippen molar-refractivity contribution >= 4 is 21.7 Å². The van der Waals surface area contributed by atoms with Gasteiger partial charge in [0, 0.05) is 35.3 Å². The van der Waals surface area contributed by atoms with Crippen LogP contribution < -0.4 is 9.47 Å². The van der Waals surface area contributed by atoms with Crippen LogP contribution in [0.3, 0.4) is 0 Å². The Hall–Kier alpha value is -3.15. The highest BCUT2D eigenvalue weighted by Crippen LogP contribution is 2.68. The smallest absolute Gasteiger partial charge is 0.166 e. The number of nitrogens with zero attached hydrogens (tertiary/aromatic N) is 2. The number of fused-ring (bicyclic) bond motifs is 4. The molecule has 4 aliphatic carbocycles. The zero-order chi connectivity index (χ0) is 25.7. The van der Waals surface area contributed by atoms with Crippen molar-refractivity contribution in [2.75, 3.05) is 20.2 Å². The van der Waals surface area contributed by atoms with Crippen molar-refractivity contribution in [3.8, 4) is 11.5 Å². The van der Waals surface area contributed by atoms with Crippen molar-refractivity contribution < 1.29 is 14.6 Å². The average Bonchev–Trinajstić information content (AvgIpc) is 3.55. The lowest BCUT2D eigenvalue weighted by atomic mass is 9.49. The SMILES string of the molecule is COc1ccc2c3c1OC1c4nc5c(cc4CC4(O)[C@H](C2)N(CC2CC2)CC[C@]314)cc1c2c(cccc25)CC1. The van der Waals surface area contributed by atoms with E-state index in [4.69, 9.17) is 14.5 Å². The molecule has 0 amide bonds. The summed E-state index contributed by atoms with van der Waals surface area (Å²) < 4.78 is 12.8. The fraction of sp³-hybridized carbons (Fsp3) is 0.441. The minimum atomic E-state index is -0.904. The van der Waals surface area contributed by atoms with Gasteiger partial charge in [-0.1, -0.05) is 24.3 Å². The fourth-order valence-corrected chi connectivity index (χ4v) is 9.49. The van der Waals surface area contributed by atoms with Crippen LogP contribution in [0.25, 0.3) is 21.7 Å². The summed E-state index contributed by atoms with van der Waals surface area (Å²) in [5, 5.41) is 16.9. The van der Waals surface area contributed by atoms with Crippen molar-refractivity contribution in [1.82, 2.24) is 9.88 Å². The molecule has 2 unspecified atom stereocenters. The number of pyridine rings is 1. The Balaban J connectivity index is 1.25. The number of methoxy groups -OCH3 is 1. The second kappa shape index (κ2) is 6.94. The first-order chi connectivity index (χ1) is 19.1. The van der Waals surface area contributed by atoms with E-state index in [-0.39, 0.29) is 12.1 Å². The van der Waals surface area contributed by atoms with E-state index in [1.807, 2.05) is 0 Å². The van der Waals surface area contributed by atoms with Crippen molar-refractivity contribution in [2.24, 2.45) is 5.92 Å². The number of benzene rings is 3. The van der Waals surface area contributed by atoms with E-state index in [1.54, 1.807) is 7.11 Å². The van der Waals surface area contributed by atoms with Crippen molar-refractivity contribution in [1.29, 1.82) is 0 Å². The number of likely N-dealkylation sites (tertiary alicyclic amines) is 1. The number of rotatable bonds is 3. The molecule has 2 bridgehead atoms. The molecule has 196 valence electrons. The van der Waals surface area contributed by atoms with E-state index < -0.39 is 11.0 Å². The van der Waals surface area contributed by atoms with Gasteiger partial charge >= 0.3 is 0 Å².